The van der Waals surface area contributed by atoms with Crippen LogP contribution in [0.15, 0.2) is 54.6 Å². The third kappa shape index (κ3) is 7.81. The number of amides is 3. The van der Waals surface area contributed by atoms with Crippen LogP contribution in [0.5, 0.6) is 5.75 Å². The smallest absolute Gasteiger partial charge is 0.408 e. The van der Waals surface area contributed by atoms with Crippen LogP contribution in [0.2, 0.25) is 0 Å². The summed E-state index contributed by atoms with van der Waals surface area (Å²) < 4.78 is 10.6. The number of ether oxygens (including phenoxy) is 2. The second-order valence-electron chi connectivity index (χ2n) is 10.2. The van der Waals surface area contributed by atoms with E-state index in [0.717, 1.165) is 9.80 Å². The van der Waals surface area contributed by atoms with Gasteiger partial charge in [0.1, 0.15) is 23.4 Å². The first-order chi connectivity index (χ1) is 19.3. The number of nitrogens with one attached hydrogen (secondary N) is 1. The van der Waals surface area contributed by atoms with Crippen LogP contribution in [0.4, 0.5) is 10.5 Å². The van der Waals surface area contributed by atoms with Crippen molar-refractivity contribution in [2.45, 2.75) is 50.9 Å². The van der Waals surface area contributed by atoms with Gasteiger partial charge in [0.05, 0.1) is 13.2 Å². The largest absolute Gasteiger partial charge is 0.493 e. The van der Waals surface area contributed by atoms with E-state index in [2.05, 4.69) is 5.32 Å². The maximum absolute atomic E-state index is 13.0. The lowest BCUT2D eigenvalue weighted by Crippen LogP contribution is -2.67. The van der Waals surface area contributed by atoms with Gasteiger partial charge in [0, 0.05) is 12.1 Å². The SMILES string of the molecule is CC(C)(C)OC(=O)NC(CCOc1ccc(N(C(=O)C=O)C2CN(C(C(=O)O)c3ccccc3)C2=O)cc1)C(=O)O. The van der Waals surface area contributed by atoms with Crippen molar-refractivity contribution in [1.29, 1.82) is 0 Å². The van der Waals surface area contributed by atoms with Crippen LogP contribution < -0.4 is 15.0 Å². The Hall–Kier alpha value is -4.94. The molecule has 1 fully saturated rings. The highest BCUT2D eigenvalue weighted by Gasteiger charge is 2.48. The molecule has 0 bridgehead atoms. The summed E-state index contributed by atoms with van der Waals surface area (Å²) in [5, 5.41) is 21.4. The number of β-lactam (4-membered cyclic amide) rings is 1. The van der Waals surface area contributed by atoms with E-state index in [1.165, 1.54) is 24.3 Å². The van der Waals surface area contributed by atoms with Crippen LogP contribution in [0.25, 0.3) is 0 Å². The Morgan fingerprint density at radius 2 is 1.68 bits per heavy atom. The Morgan fingerprint density at radius 3 is 2.20 bits per heavy atom. The number of carbonyl (C=O) groups is 6. The van der Waals surface area contributed by atoms with Gasteiger partial charge in [-0.3, -0.25) is 19.3 Å². The van der Waals surface area contributed by atoms with Crippen molar-refractivity contribution >= 4 is 41.8 Å². The highest BCUT2D eigenvalue weighted by atomic mass is 16.6. The Balaban J connectivity index is 1.65. The molecule has 41 heavy (non-hydrogen) atoms. The molecule has 0 saturated carbocycles. The van der Waals surface area contributed by atoms with Crippen LogP contribution in [0.3, 0.4) is 0 Å². The molecule has 13 nitrogen and oxygen atoms in total. The minimum atomic E-state index is -1.27. The van der Waals surface area contributed by atoms with Crippen LogP contribution in [-0.2, 0) is 28.7 Å². The molecular weight excluding hydrogens is 538 g/mol. The van der Waals surface area contributed by atoms with E-state index in [1.54, 1.807) is 51.1 Å². The molecule has 0 aromatic heterocycles. The fourth-order valence-corrected chi connectivity index (χ4v) is 4.17. The van der Waals surface area contributed by atoms with Crippen molar-refractivity contribution in [3.8, 4) is 5.75 Å². The molecule has 13 heteroatoms. The Morgan fingerprint density at radius 1 is 1.05 bits per heavy atom. The van der Waals surface area contributed by atoms with Crippen LogP contribution in [0.1, 0.15) is 38.8 Å². The summed E-state index contributed by atoms with van der Waals surface area (Å²) in [6.07, 6.45) is -0.891. The lowest BCUT2D eigenvalue weighted by atomic mass is 9.96. The third-order valence-corrected chi connectivity index (χ3v) is 6.03. The lowest BCUT2D eigenvalue weighted by molar-refractivity contribution is -0.159. The van der Waals surface area contributed by atoms with Gasteiger partial charge < -0.3 is 29.9 Å². The molecule has 2 aromatic carbocycles. The first kappa shape index (κ1) is 30.6. The standard InChI is InChI=1S/C28H31N3O10/c1-28(2,3)41-27(39)29-20(25(35)36)13-14-40-19-11-9-18(10-12-19)31(22(33)16-32)21-15-30(24(21)34)23(26(37)38)17-7-5-4-6-8-17/h4-12,16,20-21,23H,13-15H2,1-3H3,(H,29,39)(H,35,36)(H,37,38). The number of likely N-dealkylation sites (tertiary alicyclic amines) is 1. The molecule has 3 unspecified atom stereocenters. The van der Waals surface area contributed by atoms with Gasteiger partial charge in [-0.15, -0.1) is 0 Å². The number of benzene rings is 2. The van der Waals surface area contributed by atoms with Crippen molar-refractivity contribution in [2.24, 2.45) is 0 Å². The number of rotatable bonds is 12. The molecule has 3 atom stereocenters. The lowest BCUT2D eigenvalue weighted by Gasteiger charge is -2.46. The monoisotopic (exact) mass is 569 g/mol. The van der Waals surface area contributed by atoms with E-state index in [1.807, 2.05) is 0 Å². The molecule has 3 rings (SSSR count). The van der Waals surface area contributed by atoms with Gasteiger partial charge in [0.15, 0.2) is 6.04 Å². The highest BCUT2D eigenvalue weighted by Crippen LogP contribution is 2.32. The molecule has 3 N–H and O–H groups in total. The van der Waals surface area contributed by atoms with Gasteiger partial charge >= 0.3 is 18.0 Å². The molecule has 1 aliphatic heterocycles. The zero-order valence-electron chi connectivity index (χ0n) is 22.7. The van der Waals surface area contributed by atoms with Crippen molar-refractivity contribution in [2.75, 3.05) is 18.1 Å². The number of nitrogens with zero attached hydrogens (tertiary/aromatic N) is 2. The van der Waals surface area contributed by atoms with Crippen molar-refractivity contribution in [1.82, 2.24) is 10.2 Å². The van der Waals surface area contributed by atoms with E-state index in [9.17, 15) is 39.0 Å². The topological polar surface area (TPSA) is 180 Å². The minimum Gasteiger partial charge on any atom is -0.493 e. The molecule has 0 radical (unpaired) electrons. The van der Waals surface area contributed by atoms with Gasteiger partial charge in [0.2, 0.25) is 12.2 Å². The Bertz CT molecular complexity index is 1290. The van der Waals surface area contributed by atoms with E-state index in [-0.39, 0.29) is 31.5 Å². The summed E-state index contributed by atoms with van der Waals surface area (Å²) in [6.45, 7) is 4.74. The number of aliphatic carboxylic acids is 2. The van der Waals surface area contributed by atoms with Gasteiger partial charge in [-0.25, -0.2) is 14.4 Å². The summed E-state index contributed by atoms with van der Waals surface area (Å²) in [5.74, 6) is -3.82. The van der Waals surface area contributed by atoms with Crippen molar-refractivity contribution in [3.63, 3.8) is 0 Å². The van der Waals surface area contributed by atoms with E-state index in [0.29, 0.717) is 11.3 Å². The zero-order chi connectivity index (χ0) is 30.3. The third-order valence-electron chi connectivity index (χ3n) is 6.03. The van der Waals surface area contributed by atoms with Crippen molar-refractivity contribution < 1.29 is 48.5 Å². The summed E-state index contributed by atoms with van der Waals surface area (Å²) in [6, 6.07) is 10.4. The van der Waals surface area contributed by atoms with Crippen LogP contribution >= 0.6 is 0 Å². The van der Waals surface area contributed by atoms with Gasteiger partial charge in [-0.2, -0.15) is 0 Å². The number of anilines is 1. The molecule has 0 aliphatic carbocycles. The first-order valence-electron chi connectivity index (χ1n) is 12.6. The zero-order valence-corrected chi connectivity index (χ0v) is 22.7. The second-order valence-corrected chi connectivity index (χ2v) is 10.2. The predicted molar refractivity (Wildman–Crippen MR) is 143 cm³/mol. The highest BCUT2D eigenvalue weighted by molar-refractivity contribution is 6.32. The summed E-state index contributed by atoms with van der Waals surface area (Å²) in [5.41, 5.74) is -0.200. The number of carboxylic acid groups (broad SMARTS) is 2. The number of carbonyl (C=O) groups excluding carboxylic acids is 4. The summed E-state index contributed by atoms with van der Waals surface area (Å²) in [7, 11) is 0. The van der Waals surface area contributed by atoms with Gasteiger partial charge in [-0.05, 0) is 50.6 Å². The average Bonchev–Trinajstić information content (AvgIpc) is 2.91. The van der Waals surface area contributed by atoms with Crippen LogP contribution in [-0.4, -0.2) is 82.1 Å². The molecule has 2 aromatic rings. The van der Waals surface area contributed by atoms with E-state index < -0.39 is 53.6 Å². The second kappa shape index (κ2) is 12.9. The van der Waals surface area contributed by atoms with Gasteiger partial charge in [-0.1, -0.05) is 30.3 Å². The van der Waals surface area contributed by atoms with E-state index >= 15 is 0 Å². The molecule has 1 heterocycles. The quantitative estimate of drug-likeness (QED) is 0.194. The maximum atomic E-state index is 13.0. The normalized spacial score (nSPS) is 16.0. The Labute approximate surface area is 235 Å². The fourth-order valence-electron chi connectivity index (χ4n) is 4.17. The minimum absolute atomic E-state index is 0.0654. The van der Waals surface area contributed by atoms with Crippen molar-refractivity contribution in [3.05, 3.63) is 60.2 Å². The summed E-state index contributed by atoms with van der Waals surface area (Å²) >= 11 is 0. The number of carboxylic acids is 2. The Kier molecular flexibility index (Phi) is 9.66. The first-order valence-corrected chi connectivity index (χ1v) is 12.6. The van der Waals surface area contributed by atoms with Crippen LogP contribution in [0, 0.1) is 0 Å². The number of aldehydes is 1. The average molecular weight is 570 g/mol. The number of alkyl carbamates (subject to hydrolysis) is 1. The summed E-state index contributed by atoms with van der Waals surface area (Å²) in [4.78, 5) is 74.3. The molecular formula is C28H31N3O10. The molecule has 3 amide bonds. The molecule has 0 spiro atoms. The number of hydrogen-bond acceptors (Lipinski definition) is 8. The molecule has 1 saturated heterocycles. The van der Waals surface area contributed by atoms with E-state index in [4.69, 9.17) is 9.47 Å². The molecule has 218 valence electrons. The fraction of sp³-hybridized carbons (Fsp3) is 0.357. The number of hydrogen-bond donors (Lipinski definition) is 3. The molecule has 1 aliphatic rings. The van der Waals surface area contributed by atoms with Gasteiger partial charge in [0.25, 0.3) is 5.91 Å². The predicted octanol–water partition coefficient (Wildman–Crippen LogP) is 2.00. The maximum Gasteiger partial charge on any atom is 0.408 e.